The van der Waals surface area contributed by atoms with Crippen LogP contribution in [0.2, 0.25) is 0 Å². The van der Waals surface area contributed by atoms with Gasteiger partial charge in [-0.2, -0.15) is 0 Å². The Hall–Kier alpha value is -3.20. The van der Waals surface area contributed by atoms with Crippen LogP contribution in [0.5, 0.6) is 0 Å². The number of aromatic nitrogens is 2. The molecule has 0 spiro atoms. The van der Waals surface area contributed by atoms with Crippen LogP contribution in [-0.2, 0) is 9.59 Å². The lowest BCUT2D eigenvalue weighted by molar-refractivity contribution is -0.130. The van der Waals surface area contributed by atoms with E-state index in [1.165, 1.54) is 16.7 Å². The van der Waals surface area contributed by atoms with Crippen molar-refractivity contribution >= 4 is 34.5 Å². The zero-order chi connectivity index (χ0) is 22.7. The fourth-order valence-electron chi connectivity index (χ4n) is 3.79. The molecule has 1 saturated heterocycles. The number of para-hydroxylation sites is 2. The van der Waals surface area contributed by atoms with Gasteiger partial charge in [-0.15, -0.1) is 0 Å². The molecule has 2 aromatic carbocycles. The first-order chi connectivity index (χ1) is 15.4. The number of likely N-dealkylation sites (tertiary alicyclic amines) is 1. The molecule has 2 heterocycles. The predicted molar refractivity (Wildman–Crippen MR) is 121 cm³/mol. The van der Waals surface area contributed by atoms with Gasteiger partial charge in [0.05, 0.1) is 22.3 Å². The molecule has 0 atom stereocenters. The highest BCUT2D eigenvalue weighted by Gasteiger charge is 2.22. The van der Waals surface area contributed by atoms with Crippen molar-refractivity contribution in [2.24, 2.45) is 0 Å². The normalized spacial score (nSPS) is 14.5. The highest BCUT2D eigenvalue weighted by Crippen LogP contribution is 2.23. The SMILES string of the molecule is CC(=O)N1CCC(NC(=O)CSc2nc3ccccc3c(=O)n2-c2ccccc2F)CC1. The van der Waals surface area contributed by atoms with Crippen LogP contribution in [0.25, 0.3) is 16.6 Å². The molecule has 9 heteroatoms. The number of thioether (sulfide) groups is 1. The number of piperidine rings is 1. The second-order valence-electron chi connectivity index (χ2n) is 7.64. The molecule has 1 fully saturated rings. The van der Waals surface area contributed by atoms with Gasteiger partial charge in [-0.3, -0.25) is 19.0 Å². The lowest BCUT2D eigenvalue weighted by Crippen LogP contribution is -2.46. The molecule has 0 radical (unpaired) electrons. The quantitative estimate of drug-likeness (QED) is 0.473. The maximum Gasteiger partial charge on any atom is 0.266 e. The molecule has 32 heavy (non-hydrogen) atoms. The summed E-state index contributed by atoms with van der Waals surface area (Å²) in [7, 11) is 0. The Morgan fingerprint density at radius 3 is 2.53 bits per heavy atom. The molecule has 1 N–H and O–H groups in total. The molecule has 0 unspecified atom stereocenters. The molecule has 2 amide bonds. The summed E-state index contributed by atoms with van der Waals surface area (Å²) in [6, 6.07) is 12.9. The number of benzene rings is 2. The zero-order valence-corrected chi connectivity index (χ0v) is 18.4. The van der Waals surface area contributed by atoms with Gasteiger partial charge in [-0.05, 0) is 37.1 Å². The van der Waals surface area contributed by atoms with Crippen molar-refractivity contribution in [3.63, 3.8) is 0 Å². The van der Waals surface area contributed by atoms with E-state index in [1.54, 1.807) is 48.2 Å². The van der Waals surface area contributed by atoms with Gasteiger partial charge in [0.15, 0.2) is 5.16 Å². The van der Waals surface area contributed by atoms with E-state index in [2.05, 4.69) is 10.3 Å². The Morgan fingerprint density at radius 1 is 1.12 bits per heavy atom. The van der Waals surface area contributed by atoms with E-state index in [0.29, 0.717) is 36.8 Å². The first kappa shape index (κ1) is 22.0. The van der Waals surface area contributed by atoms with Crippen molar-refractivity contribution in [1.82, 2.24) is 19.8 Å². The van der Waals surface area contributed by atoms with Crippen molar-refractivity contribution in [3.8, 4) is 5.69 Å². The maximum absolute atomic E-state index is 14.5. The summed E-state index contributed by atoms with van der Waals surface area (Å²) >= 11 is 1.09. The van der Waals surface area contributed by atoms with Crippen molar-refractivity contribution in [2.75, 3.05) is 18.8 Å². The van der Waals surface area contributed by atoms with Gasteiger partial charge >= 0.3 is 0 Å². The number of nitrogens with zero attached hydrogens (tertiary/aromatic N) is 3. The van der Waals surface area contributed by atoms with Gasteiger partial charge in [0.25, 0.3) is 5.56 Å². The number of fused-ring (bicyclic) bond motifs is 1. The van der Waals surface area contributed by atoms with Crippen molar-refractivity contribution in [2.45, 2.75) is 31.0 Å². The Morgan fingerprint density at radius 2 is 1.81 bits per heavy atom. The number of carbonyl (C=O) groups excluding carboxylic acids is 2. The zero-order valence-electron chi connectivity index (χ0n) is 17.6. The molecule has 0 bridgehead atoms. The third-order valence-corrected chi connectivity index (χ3v) is 6.41. The van der Waals surface area contributed by atoms with Crippen LogP contribution in [0.4, 0.5) is 4.39 Å². The topological polar surface area (TPSA) is 84.3 Å². The van der Waals surface area contributed by atoms with Crippen LogP contribution in [0.3, 0.4) is 0 Å². The Balaban J connectivity index is 1.54. The molecule has 1 aliphatic heterocycles. The largest absolute Gasteiger partial charge is 0.353 e. The first-order valence-electron chi connectivity index (χ1n) is 10.4. The summed E-state index contributed by atoms with van der Waals surface area (Å²) in [6.07, 6.45) is 1.40. The number of hydrogen-bond acceptors (Lipinski definition) is 5. The third-order valence-electron chi connectivity index (χ3n) is 5.48. The monoisotopic (exact) mass is 454 g/mol. The standard InChI is InChI=1S/C23H23FN4O3S/c1-15(29)27-12-10-16(11-13-27)25-21(30)14-32-23-26-19-8-4-2-6-17(19)22(31)28(23)20-9-5-3-7-18(20)24/h2-9,16H,10-14H2,1H3,(H,25,30). The van der Waals surface area contributed by atoms with Crippen molar-refractivity contribution in [1.29, 1.82) is 0 Å². The van der Waals surface area contributed by atoms with E-state index in [9.17, 15) is 18.8 Å². The van der Waals surface area contributed by atoms with Gasteiger partial charge in [-0.25, -0.2) is 9.37 Å². The summed E-state index contributed by atoms with van der Waals surface area (Å²) in [5, 5.41) is 3.61. The van der Waals surface area contributed by atoms with E-state index in [0.717, 1.165) is 11.8 Å². The summed E-state index contributed by atoms with van der Waals surface area (Å²) in [5.41, 5.74) is 0.195. The summed E-state index contributed by atoms with van der Waals surface area (Å²) in [4.78, 5) is 43.5. The van der Waals surface area contributed by atoms with E-state index in [4.69, 9.17) is 0 Å². The summed E-state index contributed by atoms with van der Waals surface area (Å²) in [6.45, 7) is 2.78. The first-order valence-corrected chi connectivity index (χ1v) is 11.4. The van der Waals surface area contributed by atoms with Crippen LogP contribution in [0, 0.1) is 5.82 Å². The average molecular weight is 455 g/mol. The smallest absolute Gasteiger partial charge is 0.266 e. The second kappa shape index (κ2) is 9.52. The Kier molecular flexibility index (Phi) is 6.55. The van der Waals surface area contributed by atoms with Gasteiger partial charge in [0.1, 0.15) is 5.82 Å². The van der Waals surface area contributed by atoms with Gasteiger partial charge in [-0.1, -0.05) is 36.0 Å². The molecule has 4 rings (SSSR count). The molecule has 166 valence electrons. The highest BCUT2D eigenvalue weighted by molar-refractivity contribution is 7.99. The van der Waals surface area contributed by atoms with Crippen LogP contribution < -0.4 is 10.9 Å². The average Bonchev–Trinajstić information content (AvgIpc) is 2.79. The molecule has 0 aliphatic carbocycles. The maximum atomic E-state index is 14.5. The minimum Gasteiger partial charge on any atom is -0.353 e. The number of halogens is 1. The van der Waals surface area contributed by atoms with E-state index < -0.39 is 5.82 Å². The van der Waals surface area contributed by atoms with Gasteiger partial charge in [0, 0.05) is 26.1 Å². The summed E-state index contributed by atoms with van der Waals surface area (Å²) < 4.78 is 15.8. The van der Waals surface area contributed by atoms with Crippen LogP contribution in [0.15, 0.2) is 58.5 Å². The van der Waals surface area contributed by atoms with Crippen molar-refractivity contribution < 1.29 is 14.0 Å². The number of rotatable bonds is 5. The molecule has 3 aromatic rings. The molecule has 7 nitrogen and oxygen atoms in total. The van der Waals surface area contributed by atoms with E-state index >= 15 is 0 Å². The lowest BCUT2D eigenvalue weighted by Gasteiger charge is -2.31. The second-order valence-corrected chi connectivity index (χ2v) is 8.58. The summed E-state index contributed by atoms with van der Waals surface area (Å²) in [5.74, 6) is -0.667. The molecular formula is C23H23FN4O3S. The molecule has 1 aromatic heterocycles. The predicted octanol–water partition coefficient (Wildman–Crippen LogP) is 2.74. The molecular weight excluding hydrogens is 431 g/mol. The lowest BCUT2D eigenvalue weighted by atomic mass is 10.1. The highest BCUT2D eigenvalue weighted by atomic mass is 32.2. The van der Waals surface area contributed by atoms with E-state index in [-0.39, 0.29) is 40.0 Å². The van der Waals surface area contributed by atoms with Gasteiger partial charge in [0.2, 0.25) is 11.8 Å². The van der Waals surface area contributed by atoms with E-state index in [1.807, 2.05) is 0 Å². The van der Waals surface area contributed by atoms with Gasteiger partial charge < -0.3 is 10.2 Å². The minimum atomic E-state index is -0.546. The number of hydrogen-bond donors (Lipinski definition) is 1. The fraction of sp³-hybridized carbons (Fsp3) is 0.304. The third kappa shape index (κ3) is 4.67. The number of nitrogens with one attached hydrogen (secondary N) is 1. The molecule has 0 saturated carbocycles. The van der Waals surface area contributed by atoms with Crippen LogP contribution in [0.1, 0.15) is 19.8 Å². The van der Waals surface area contributed by atoms with Crippen LogP contribution in [-0.4, -0.2) is 51.1 Å². The fourth-order valence-corrected chi connectivity index (χ4v) is 4.61. The number of amides is 2. The minimum absolute atomic E-state index is 0.00276. The van der Waals surface area contributed by atoms with Crippen molar-refractivity contribution in [3.05, 3.63) is 64.7 Å². The van der Waals surface area contributed by atoms with Crippen LogP contribution >= 0.6 is 11.8 Å². The number of carbonyl (C=O) groups is 2. The Labute approximate surface area is 188 Å². The molecule has 1 aliphatic rings. The Bertz CT molecular complexity index is 1220.